The van der Waals surface area contributed by atoms with Crippen LogP contribution in [0.4, 0.5) is 0 Å². The number of primary amides is 2. The van der Waals surface area contributed by atoms with Gasteiger partial charge in [-0.2, -0.15) is 12.6 Å². The van der Waals surface area contributed by atoms with E-state index in [-0.39, 0.29) is 37.9 Å². The Balaban J connectivity index is 3.08. The molecule has 198 valence electrons. The minimum Gasteiger partial charge on any atom is -0.480 e. The summed E-state index contributed by atoms with van der Waals surface area (Å²) in [6.45, 7) is 0. The zero-order valence-electron chi connectivity index (χ0n) is 19.5. The van der Waals surface area contributed by atoms with Crippen LogP contribution in [0, 0.1) is 0 Å². The number of carbonyl (C=O) groups is 6. The second-order valence-corrected chi connectivity index (χ2v) is 8.38. The smallest absolute Gasteiger partial charge is 0.327 e. The summed E-state index contributed by atoms with van der Waals surface area (Å²) in [5.41, 5.74) is 16.7. The summed E-state index contributed by atoms with van der Waals surface area (Å²) in [5, 5.41) is 16.4. The highest BCUT2D eigenvalue weighted by Gasteiger charge is 2.30. The molecule has 1 rings (SSSR count). The Hall–Kier alpha value is -3.65. The molecule has 0 saturated carbocycles. The van der Waals surface area contributed by atoms with Gasteiger partial charge in [0.15, 0.2) is 0 Å². The van der Waals surface area contributed by atoms with Gasteiger partial charge in [-0.15, -0.1) is 0 Å². The molecule has 1 aromatic carbocycles. The minimum atomic E-state index is -1.31. The molecule has 0 fully saturated rings. The summed E-state index contributed by atoms with van der Waals surface area (Å²) in [6.07, 6.45) is -0.659. The molecular weight excluding hydrogens is 492 g/mol. The fourth-order valence-electron chi connectivity index (χ4n) is 3.05. The molecule has 0 aliphatic heterocycles. The van der Waals surface area contributed by atoms with E-state index >= 15 is 0 Å². The van der Waals surface area contributed by atoms with Gasteiger partial charge in [-0.25, -0.2) is 4.79 Å². The predicted molar refractivity (Wildman–Crippen MR) is 132 cm³/mol. The molecule has 0 aliphatic rings. The van der Waals surface area contributed by atoms with E-state index in [9.17, 15) is 33.9 Å². The van der Waals surface area contributed by atoms with Crippen molar-refractivity contribution in [1.82, 2.24) is 16.0 Å². The van der Waals surface area contributed by atoms with E-state index in [2.05, 4.69) is 28.6 Å². The fraction of sp³-hybridized carbons (Fsp3) is 0.455. The normalized spacial score (nSPS) is 13.9. The van der Waals surface area contributed by atoms with Crippen LogP contribution in [0.15, 0.2) is 30.3 Å². The zero-order valence-corrected chi connectivity index (χ0v) is 20.4. The quantitative estimate of drug-likeness (QED) is 0.108. The Morgan fingerprint density at radius 1 is 0.778 bits per heavy atom. The number of nitrogens with one attached hydrogen (secondary N) is 3. The molecule has 0 heterocycles. The van der Waals surface area contributed by atoms with Gasteiger partial charge in [0, 0.05) is 25.0 Å². The topological polar surface area (TPSA) is 237 Å². The highest BCUT2D eigenvalue weighted by molar-refractivity contribution is 7.80. The molecule has 0 aliphatic carbocycles. The summed E-state index contributed by atoms with van der Waals surface area (Å²) in [5.74, 6) is -5.25. The van der Waals surface area contributed by atoms with Crippen molar-refractivity contribution in [2.45, 2.75) is 56.3 Å². The molecule has 36 heavy (non-hydrogen) atoms. The van der Waals surface area contributed by atoms with Crippen molar-refractivity contribution >= 4 is 48.1 Å². The van der Waals surface area contributed by atoms with Crippen LogP contribution >= 0.6 is 12.6 Å². The van der Waals surface area contributed by atoms with Crippen LogP contribution in [-0.4, -0.2) is 70.5 Å². The van der Waals surface area contributed by atoms with Gasteiger partial charge in [-0.05, 0) is 18.4 Å². The standard InChI is InChI=1S/C22H32N6O7S/c23-13(6-8-17(24)29)19(31)26-14(7-9-18(25)30)20(32)27-15(10-12-4-2-1-3-5-12)21(33)28-16(11-36)22(34)35/h1-5,13-16,36H,6-11,23H2,(H2,24,29)(H2,25,30)(H,26,31)(H,27,32)(H,28,33)(H,34,35). The molecule has 0 bridgehead atoms. The van der Waals surface area contributed by atoms with Gasteiger partial charge < -0.3 is 38.3 Å². The van der Waals surface area contributed by atoms with E-state index in [0.717, 1.165) is 0 Å². The fourth-order valence-corrected chi connectivity index (χ4v) is 3.30. The van der Waals surface area contributed by atoms with Crippen molar-refractivity contribution in [1.29, 1.82) is 0 Å². The van der Waals surface area contributed by atoms with Crippen LogP contribution in [0.5, 0.6) is 0 Å². The number of amides is 5. The number of rotatable bonds is 16. The number of nitrogens with two attached hydrogens (primary N) is 3. The number of thiol groups is 1. The highest BCUT2D eigenvalue weighted by atomic mass is 32.1. The second kappa shape index (κ2) is 15.4. The van der Waals surface area contributed by atoms with E-state index in [0.29, 0.717) is 5.56 Å². The Bertz CT molecular complexity index is 946. The summed E-state index contributed by atoms with van der Waals surface area (Å²) in [4.78, 5) is 72.0. The van der Waals surface area contributed by atoms with E-state index in [1.807, 2.05) is 0 Å². The van der Waals surface area contributed by atoms with Crippen molar-refractivity contribution in [2.75, 3.05) is 5.75 Å². The summed E-state index contributed by atoms with van der Waals surface area (Å²) in [6, 6.07) is 3.66. The van der Waals surface area contributed by atoms with Gasteiger partial charge in [0.2, 0.25) is 29.5 Å². The molecule has 0 radical (unpaired) electrons. The maximum absolute atomic E-state index is 13.1. The largest absolute Gasteiger partial charge is 0.480 e. The van der Waals surface area contributed by atoms with Gasteiger partial charge in [0.1, 0.15) is 18.1 Å². The average molecular weight is 525 g/mol. The van der Waals surface area contributed by atoms with E-state index in [4.69, 9.17) is 17.2 Å². The number of benzene rings is 1. The molecule has 0 spiro atoms. The molecule has 14 heteroatoms. The van der Waals surface area contributed by atoms with E-state index in [1.165, 1.54) is 0 Å². The van der Waals surface area contributed by atoms with Crippen molar-refractivity contribution < 1.29 is 33.9 Å². The van der Waals surface area contributed by atoms with Gasteiger partial charge >= 0.3 is 5.97 Å². The lowest BCUT2D eigenvalue weighted by molar-refractivity contribution is -0.141. The zero-order chi connectivity index (χ0) is 27.3. The first-order valence-electron chi connectivity index (χ1n) is 11.1. The predicted octanol–water partition coefficient (Wildman–Crippen LogP) is -2.44. The Labute approximate surface area is 213 Å². The van der Waals surface area contributed by atoms with Crippen LogP contribution < -0.4 is 33.2 Å². The van der Waals surface area contributed by atoms with Gasteiger partial charge in [0.05, 0.1) is 6.04 Å². The summed E-state index contributed by atoms with van der Waals surface area (Å²) >= 11 is 3.92. The van der Waals surface area contributed by atoms with Crippen LogP contribution in [-0.2, 0) is 35.2 Å². The molecular formula is C22H32N6O7S. The van der Waals surface area contributed by atoms with Crippen LogP contribution in [0.1, 0.15) is 31.2 Å². The first kappa shape index (κ1) is 30.4. The van der Waals surface area contributed by atoms with Gasteiger partial charge in [-0.3, -0.25) is 24.0 Å². The number of carbonyl (C=O) groups excluding carboxylic acids is 5. The van der Waals surface area contributed by atoms with E-state index in [1.54, 1.807) is 30.3 Å². The van der Waals surface area contributed by atoms with Crippen LogP contribution in [0.25, 0.3) is 0 Å². The third-order valence-corrected chi connectivity index (χ3v) is 5.43. The minimum absolute atomic E-state index is 0.00589. The monoisotopic (exact) mass is 524 g/mol. The number of carboxylic acid groups (broad SMARTS) is 1. The number of hydrogen-bond acceptors (Lipinski definition) is 8. The summed E-state index contributed by atoms with van der Waals surface area (Å²) in [7, 11) is 0. The molecule has 4 unspecified atom stereocenters. The van der Waals surface area contributed by atoms with Crippen molar-refractivity contribution in [2.24, 2.45) is 17.2 Å². The molecule has 5 amide bonds. The van der Waals surface area contributed by atoms with E-state index < -0.39 is 59.7 Å². The van der Waals surface area contributed by atoms with Crippen molar-refractivity contribution in [3.05, 3.63) is 35.9 Å². The van der Waals surface area contributed by atoms with Crippen LogP contribution in [0.2, 0.25) is 0 Å². The lowest BCUT2D eigenvalue weighted by Gasteiger charge is -2.25. The molecule has 0 saturated heterocycles. The lowest BCUT2D eigenvalue weighted by Crippen LogP contribution is -2.58. The molecule has 10 N–H and O–H groups in total. The van der Waals surface area contributed by atoms with Gasteiger partial charge in [0.25, 0.3) is 0 Å². The molecule has 1 aromatic rings. The highest BCUT2D eigenvalue weighted by Crippen LogP contribution is 2.07. The average Bonchev–Trinajstić information content (AvgIpc) is 2.82. The Morgan fingerprint density at radius 3 is 1.81 bits per heavy atom. The van der Waals surface area contributed by atoms with Crippen molar-refractivity contribution in [3.63, 3.8) is 0 Å². The van der Waals surface area contributed by atoms with Crippen LogP contribution in [0.3, 0.4) is 0 Å². The SMILES string of the molecule is NC(=O)CCC(N)C(=O)NC(CCC(N)=O)C(=O)NC(Cc1ccccc1)C(=O)NC(CS)C(=O)O. The third-order valence-electron chi connectivity index (χ3n) is 5.06. The molecule has 4 atom stereocenters. The first-order chi connectivity index (χ1) is 16.9. The number of hydrogen-bond donors (Lipinski definition) is 8. The third kappa shape index (κ3) is 11.2. The number of carboxylic acids is 1. The molecule has 13 nitrogen and oxygen atoms in total. The molecule has 0 aromatic heterocycles. The summed E-state index contributed by atoms with van der Waals surface area (Å²) < 4.78 is 0. The maximum atomic E-state index is 13.1. The first-order valence-corrected chi connectivity index (χ1v) is 11.7. The Kier molecular flexibility index (Phi) is 13.0. The number of aliphatic carboxylic acids is 1. The van der Waals surface area contributed by atoms with Crippen molar-refractivity contribution in [3.8, 4) is 0 Å². The second-order valence-electron chi connectivity index (χ2n) is 8.01. The maximum Gasteiger partial charge on any atom is 0.327 e. The Morgan fingerprint density at radius 2 is 1.28 bits per heavy atom. The van der Waals surface area contributed by atoms with Gasteiger partial charge in [-0.1, -0.05) is 30.3 Å². The lowest BCUT2D eigenvalue weighted by atomic mass is 10.0.